The van der Waals surface area contributed by atoms with Crippen molar-refractivity contribution in [1.82, 2.24) is 58.7 Å². The number of rotatable bonds is 12. The number of pyridine rings is 3. The molecule has 3 aliphatic heterocycles. The van der Waals surface area contributed by atoms with Crippen molar-refractivity contribution >= 4 is 128 Å². The standard InChI is InChI=1S/C26H32ClN5O3.C24H26ClN5O2.C21H24ClN5O.C3H4O2.C2HF3O.2CH4/c1-16-12-20(27)22-21(13-16)29-24(30-23(33)18-9-10-28-17(2)14-18)32(22)19-8-6-7-11-31(15-19)25(34)35-26(3,4)5;1-4-21(31)29-10-6-5-7-18(14-29)30-22-19(25)11-15(2)12-20(22)27-24(30)28-23(32)17-8-9-26-16(3)13-17;1-13-9-17(22)19-18(10-13)25-21(27(19)16-5-3-4-7-23-12-16)26-20(28)15-6-8-24-14(2)11-15;1-2-5-3-4;3-2(4,5)1-6;;/h9-10,12-14,19H,6-8,11,15H2,1-5H3,(H,29,30,33);4,8-9,11-13,18H,1,5-7,10,14H2,2-3H3,(H,27,28,32);6,8-11,16,23H,3-5,7,12H2,1-2H3,(H,25,26,28);2-3H,1H2;1H;2*1H4/t19-;18-;16-;;;;/m111..../s1. The number of amides is 5. The molecule has 3 aliphatic rings. The minimum atomic E-state index is -4.64. The molecule has 0 radical (unpaired) electrons. The summed E-state index contributed by atoms with van der Waals surface area (Å²) in [6.45, 7) is 28.1. The quantitative estimate of drug-likeness (QED) is 0.0502. The molecule has 12 rings (SSSR count). The van der Waals surface area contributed by atoms with Gasteiger partial charge in [0.15, 0.2) is 0 Å². The predicted molar refractivity (Wildman–Crippen MR) is 418 cm³/mol. The Labute approximate surface area is 642 Å². The number of aldehydes is 1. The van der Waals surface area contributed by atoms with Crippen LogP contribution in [-0.2, 0) is 23.9 Å². The van der Waals surface area contributed by atoms with E-state index in [0.29, 0.717) is 93.3 Å². The fraction of sp³-hybridized carbons (Fsp3) is 0.397. The summed E-state index contributed by atoms with van der Waals surface area (Å²) >= 11 is 20.0. The summed E-state index contributed by atoms with van der Waals surface area (Å²) in [5.74, 6) is 0.520. The second-order valence-corrected chi connectivity index (χ2v) is 28.0. The third-order valence-electron chi connectivity index (χ3n) is 17.1. The molecule has 5 amide bonds. The van der Waals surface area contributed by atoms with Gasteiger partial charge in [0.1, 0.15) is 5.60 Å². The van der Waals surface area contributed by atoms with Gasteiger partial charge < -0.3 is 38.3 Å². The number of ether oxygens (including phenoxy) is 2. The lowest BCUT2D eigenvalue weighted by molar-refractivity contribution is -0.156. The van der Waals surface area contributed by atoms with E-state index in [1.165, 1.54) is 6.08 Å². The number of aryl methyl sites for hydroxylation is 6. The number of aromatic nitrogens is 9. The van der Waals surface area contributed by atoms with Crippen LogP contribution >= 0.6 is 34.8 Å². The Morgan fingerprint density at radius 2 is 0.907 bits per heavy atom. The van der Waals surface area contributed by atoms with Crippen LogP contribution < -0.4 is 21.3 Å². The van der Waals surface area contributed by atoms with Crippen LogP contribution in [0, 0.1) is 41.5 Å². The molecule has 0 saturated carbocycles. The van der Waals surface area contributed by atoms with Gasteiger partial charge in [-0.3, -0.25) is 59.7 Å². The number of halogens is 6. The normalized spacial score (nSPS) is 15.8. The van der Waals surface area contributed by atoms with Crippen molar-refractivity contribution < 1.29 is 56.2 Å². The van der Waals surface area contributed by atoms with Crippen molar-refractivity contribution in [2.45, 2.75) is 165 Å². The Morgan fingerprint density at radius 3 is 1.25 bits per heavy atom. The summed E-state index contributed by atoms with van der Waals surface area (Å²) in [5, 5.41) is 14.2. The summed E-state index contributed by atoms with van der Waals surface area (Å²) in [4.78, 5) is 112. The molecule has 9 heterocycles. The first-order chi connectivity index (χ1) is 50.4. The van der Waals surface area contributed by atoms with E-state index in [4.69, 9.17) is 64.1 Å². The van der Waals surface area contributed by atoms with E-state index in [1.807, 2.05) is 108 Å². The molecule has 3 fully saturated rings. The van der Waals surface area contributed by atoms with E-state index >= 15 is 0 Å². The van der Waals surface area contributed by atoms with Gasteiger partial charge in [0.2, 0.25) is 30.0 Å². The summed E-state index contributed by atoms with van der Waals surface area (Å²) in [7, 11) is 0. The molecule has 0 bridgehead atoms. The second kappa shape index (κ2) is 39.7. The molecule has 0 aliphatic carbocycles. The first kappa shape index (κ1) is 86.8. The number of imidazole rings is 3. The first-order valence-corrected chi connectivity index (χ1v) is 35.6. The van der Waals surface area contributed by atoms with Crippen LogP contribution in [0.25, 0.3) is 33.1 Å². The lowest BCUT2D eigenvalue weighted by Gasteiger charge is -2.29. The second-order valence-electron chi connectivity index (χ2n) is 26.8. The number of nitrogens with zero attached hydrogens (tertiary/aromatic N) is 11. The van der Waals surface area contributed by atoms with Gasteiger partial charge in [0, 0.05) is 91.1 Å². The van der Waals surface area contributed by atoms with E-state index < -0.39 is 18.1 Å². The smallest absolute Gasteiger partial charge is 0.444 e. The van der Waals surface area contributed by atoms with Crippen LogP contribution in [0.3, 0.4) is 0 Å². The predicted octanol–water partition coefficient (Wildman–Crippen LogP) is 17.2. The van der Waals surface area contributed by atoms with Gasteiger partial charge in [0.05, 0.1) is 66.5 Å². The SMILES string of the molecule is C.C.C=CC(=O)N1CCCC[C@@H](n2c(NC(=O)c3ccnc(C)c3)nc3cc(C)cc(Cl)c32)C1.C=COC=O.Cc1cc(Cl)c2c(c1)nc(NC(=O)c1ccnc(C)c1)n2[C@@H]1CCCCN(C(=O)OC(C)(C)C)C1.Cc1cc(Cl)c2c(c1)nc(NC(=O)c1ccnc(C)c1)n2[C@@H]1CCCCNC1.O=CC(F)(F)F. The highest BCUT2D eigenvalue weighted by atomic mass is 35.5. The summed E-state index contributed by atoms with van der Waals surface area (Å²) in [6.07, 6.45) is 9.81. The Bertz CT molecular complexity index is 4670. The van der Waals surface area contributed by atoms with Gasteiger partial charge in [0.25, 0.3) is 24.2 Å². The molecular formula is C78H95Cl3F3N15O9. The van der Waals surface area contributed by atoms with Crippen molar-refractivity contribution in [3.8, 4) is 0 Å². The van der Waals surface area contributed by atoms with Crippen LogP contribution in [0.5, 0.6) is 0 Å². The average molecular weight is 1550 g/mol. The molecule has 3 saturated heterocycles. The molecule has 3 atom stereocenters. The summed E-state index contributed by atoms with van der Waals surface area (Å²) in [5.41, 5.74) is 10.9. The van der Waals surface area contributed by atoms with Crippen LogP contribution in [0.15, 0.2) is 117 Å². The molecule has 30 heteroatoms. The molecule has 108 heavy (non-hydrogen) atoms. The van der Waals surface area contributed by atoms with Gasteiger partial charge >= 0.3 is 12.3 Å². The third-order valence-corrected chi connectivity index (χ3v) is 18.0. The monoisotopic (exact) mass is 1550 g/mol. The Kier molecular flexibility index (Phi) is 31.9. The maximum atomic E-state index is 13.1. The summed E-state index contributed by atoms with van der Waals surface area (Å²) < 4.78 is 46.9. The number of nitrogens with one attached hydrogen (secondary N) is 4. The van der Waals surface area contributed by atoms with Gasteiger partial charge in [-0.05, 0) is 216 Å². The average Bonchev–Trinajstić information content (AvgIpc) is 1.62. The van der Waals surface area contributed by atoms with Gasteiger partial charge in [-0.1, -0.05) is 69.2 Å². The van der Waals surface area contributed by atoms with Crippen molar-refractivity contribution in [2.75, 3.05) is 55.2 Å². The van der Waals surface area contributed by atoms with Crippen LogP contribution in [-0.4, -0.2) is 147 Å². The fourth-order valence-corrected chi connectivity index (χ4v) is 13.7. The number of likely N-dealkylation sites (tertiary alicyclic amines) is 2. The fourth-order valence-electron chi connectivity index (χ4n) is 12.6. The number of hydrogen-bond acceptors (Lipinski definition) is 16. The molecule has 9 aromatic rings. The molecule has 0 spiro atoms. The van der Waals surface area contributed by atoms with E-state index in [-0.39, 0.29) is 62.7 Å². The maximum Gasteiger partial charge on any atom is 0.446 e. The Hall–Kier alpha value is -10.1. The molecule has 24 nitrogen and oxygen atoms in total. The Balaban J connectivity index is 0.000000235. The van der Waals surface area contributed by atoms with Crippen LogP contribution in [0.4, 0.5) is 35.8 Å². The molecule has 6 aromatic heterocycles. The topological polar surface area (TPSA) is 285 Å². The number of benzene rings is 3. The molecule has 4 N–H and O–H groups in total. The molecule has 3 aromatic carbocycles. The maximum absolute atomic E-state index is 13.1. The highest BCUT2D eigenvalue weighted by Gasteiger charge is 2.33. The molecule has 0 unspecified atom stereocenters. The van der Waals surface area contributed by atoms with E-state index in [0.717, 1.165) is 133 Å². The zero-order valence-corrected chi connectivity index (χ0v) is 62.9. The van der Waals surface area contributed by atoms with Gasteiger partial charge in [-0.15, -0.1) is 0 Å². The lowest BCUT2D eigenvalue weighted by Crippen LogP contribution is -2.39. The van der Waals surface area contributed by atoms with Crippen molar-refractivity contribution in [2.24, 2.45) is 0 Å². The van der Waals surface area contributed by atoms with Gasteiger partial charge in [-0.25, -0.2) is 19.7 Å². The van der Waals surface area contributed by atoms with Crippen molar-refractivity contribution in [1.29, 1.82) is 0 Å². The third kappa shape index (κ3) is 23.7. The van der Waals surface area contributed by atoms with Crippen LogP contribution in [0.1, 0.15) is 176 Å². The number of carbonyl (C=O) groups is 7. The minimum Gasteiger partial charge on any atom is -0.444 e. The van der Waals surface area contributed by atoms with E-state index in [2.05, 4.69) is 58.7 Å². The largest absolute Gasteiger partial charge is 0.446 e. The van der Waals surface area contributed by atoms with E-state index in [1.54, 1.807) is 64.8 Å². The number of hydrogen-bond donors (Lipinski definition) is 4. The minimum absolute atomic E-state index is 0. The molecular weight excluding hydrogens is 1450 g/mol. The van der Waals surface area contributed by atoms with Gasteiger partial charge in [-0.2, -0.15) is 13.2 Å². The number of fused-ring (bicyclic) bond motifs is 3. The summed E-state index contributed by atoms with van der Waals surface area (Å²) in [6, 6.07) is 21.9. The highest BCUT2D eigenvalue weighted by molar-refractivity contribution is 6.36. The van der Waals surface area contributed by atoms with Crippen molar-refractivity contribution in [3.63, 3.8) is 0 Å². The van der Waals surface area contributed by atoms with Crippen LogP contribution in [0.2, 0.25) is 15.1 Å². The highest BCUT2D eigenvalue weighted by Crippen LogP contribution is 2.39. The zero-order chi connectivity index (χ0) is 77.2. The number of anilines is 3. The Morgan fingerprint density at radius 1 is 0.546 bits per heavy atom. The van der Waals surface area contributed by atoms with E-state index in [9.17, 15) is 37.1 Å². The first-order valence-electron chi connectivity index (χ1n) is 34.5. The number of carbonyl (C=O) groups excluding carboxylic acids is 7. The lowest BCUT2D eigenvalue weighted by atomic mass is 10.1. The number of alkyl halides is 3. The molecule has 578 valence electrons. The zero-order valence-electron chi connectivity index (χ0n) is 60.6. The van der Waals surface area contributed by atoms with Crippen molar-refractivity contribution in [3.05, 3.63) is 182 Å².